The minimum atomic E-state index is -4.42. The van der Waals surface area contributed by atoms with Crippen molar-refractivity contribution in [1.29, 1.82) is 0 Å². The van der Waals surface area contributed by atoms with Gasteiger partial charge in [0.25, 0.3) is 0 Å². The van der Waals surface area contributed by atoms with Crippen LogP contribution >= 0.6 is 12.6 Å². The molecule has 1 aromatic rings. The quantitative estimate of drug-likeness (QED) is 0.376. The SMILES string of the molecule is NNc1ccc(S)cc1C(F)(F)F. The van der Waals surface area contributed by atoms with E-state index in [1.54, 1.807) is 0 Å². The maximum atomic E-state index is 12.3. The molecule has 0 atom stereocenters. The molecular weight excluding hydrogens is 201 g/mol. The highest BCUT2D eigenvalue weighted by Gasteiger charge is 2.33. The van der Waals surface area contributed by atoms with Gasteiger partial charge < -0.3 is 5.43 Å². The number of hydrazine groups is 1. The van der Waals surface area contributed by atoms with Gasteiger partial charge in [0, 0.05) is 4.90 Å². The van der Waals surface area contributed by atoms with E-state index >= 15 is 0 Å². The van der Waals surface area contributed by atoms with Crippen LogP contribution in [0.4, 0.5) is 18.9 Å². The number of alkyl halides is 3. The van der Waals surface area contributed by atoms with Crippen molar-refractivity contribution >= 4 is 18.3 Å². The number of anilines is 1. The largest absolute Gasteiger partial charge is 0.418 e. The van der Waals surface area contributed by atoms with Crippen molar-refractivity contribution in [2.24, 2.45) is 5.84 Å². The maximum Gasteiger partial charge on any atom is 0.418 e. The van der Waals surface area contributed by atoms with Gasteiger partial charge in [-0.3, -0.25) is 5.84 Å². The van der Waals surface area contributed by atoms with Gasteiger partial charge in [-0.1, -0.05) is 0 Å². The molecule has 6 heteroatoms. The van der Waals surface area contributed by atoms with Gasteiger partial charge in [0.2, 0.25) is 0 Å². The molecule has 0 saturated heterocycles. The topological polar surface area (TPSA) is 38.0 Å². The highest BCUT2D eigenvalue weighted by atomic mass is 32.1. The molecule has 0 unspecified atom stereocenters. The summed E-state index contributed by atoms with van der Waals surface area (Å²) in [6, 6.07) is 3.57. The zero-order chi connectivity index (χ0) is 10.1. The zero-order valence-electron chi connectivity index (χ0n) is 6.39. The lowest BCUT2D eigenvalue weighted by molar-refractivity contribution is -0.137. The molecule has 1 aromatic carbocycles. The average molecular weight is 208 g/mol. The van der Waals surface area contributed by atoms with Gasteiger partial charge in [0.15, 0.2) is 0 Å². The summed E-state index contributed by atoms with van der Waals surface area (Å²) in [7, 11) is 0. The van der Waals surface area contributed by atoms with Crippen molar-refractivity contribution in [2.75, 3.05) is 5.43 Å². The third kappa shape index (κ3) is 2.28. The fourth-order valence-corrected chi connectivity index (χ4v) is 1.10. The first-order valence-corrected chi connectivity index (χ1v) is 3.76. The number of rotatable bonds is 1. The van der Waals surface area contributed by atoms with Gasteiger partial charge in [0.05, 0.1) is 11.3 Å². The molecule has 0 aliphatic heterocycles. The number of benzene rings is 1. The molecule has 0 heterocycles. The molecule has 0 spiro atoms. The minimum absolute atomic E-state index is 0.162. The van der Waals surface area contributed by atoms with Gasteiger partial charge >= 0.3 is 6.18 Å². The summed E-state index contributed by atoms with van der Waals surface area (Å²) in [5.74, 6) is 4.92. The third-order valence-electron chi connectivity index (χ3n) is 1.46. The van der Waals surface area contributed by atoms with Crippen molar-refractivity contribution in [3.8, 4) is 0 Å². The fraction of sp³-hybridized carbons (Fsp3) is 0.143. The van der Waals surface area contributed by atoms with Crippen LogP contribution in [-0.4, -0.2) is 0 Å². The summed E-state index contributed by atoms with van der Waals surface area (Å²) in [6.45, 7) is 0. The van der Waals surface area contributed by atoms with E-state index < -0.39 is 11.7 Å². The van der Waals surface area contributed by atoms with Crippen LogP contribution in [0.25, 0.3) is 0 Å². The first kappa shape index (κ1) is 10.2. The van der Waals surface area contributed by atoms with E-state index in [0.29, 0.717) is 0 Å². The number of nitrogen functional groups attached to an aromatic ring is 1. The Hall–Kier alpha value is -0.880. The Bertz CT molecular complexity index is 311. The summed E-state index contributed by atoms with van der Waals surface area (Å²) in [5, 5.41) is 0. The zero-order valence-corrected chi connectivity index (χ0v) is 7.28. The maximum absolute atomic E-state index is 12.3. The molecular formula is C7H7F3N2S. The second kappa shape index (κ2) is 3.47. The summed E-state index contributed by atoms with van der Waals surface area (Å²) in [6.07, 6.45) is -4.42. The lowest BCUT2D eigenvalue weighted by Gasteiger charge is -2.12. The van der Waals surface area contributed by atoms with Crippen molar-refractivity contribution < 1.29 is 13.2 Å². The Labute approximate surface area is 78.3 Å². The van der Waals surface area contributed by atoms with Gasteiger partial charge in [-0.05, 0) is 18.2 Å². The van der Waals surface area contributed by atoms with Crippen LogP contribution in [0.3, 0.4) is 0 Å². The molecule has 0 radical (unpaired) electrons. The van der Waals surface area contributed by atoms with Gasteiger partial charge in [-0.15, -0.1) is 12.6 Å². The lowest BCUT2D eigenvalue weighted by atomic mass is 10.2. The smallest absolute Gasteiger partial charge is 0.324 e. The Morgan fingerprint density at radius 2 is 1.92 bits per heavy atom. The molecule has 13 heavy (non-hydrogen) atoms. The number of thiol groups is 1. The second-order valence-electron chi connectivity index (χ2n) is 2.37. The Balaban J connectivity index is 3.24. The number of hydrogen-bond acceptors (Lipinski definition) is 3. The monoisotopic (exact) mass is 208 g/mol. The first-order valence-electron chi connectivity index (χ1n) is 3.32. The normalized spacial score (nSPS) is 11.5. The van der Waals surface area contributed by atoms with Gasteiger partial charge in [-0.2, -0.15) is 13.2 Å². The predicted octanol–water partition coefficient (Wildman–Crippen LogP) is 2.28. The van der Waals surface area contributed by atoms with E-state index in [4.69, 9.17) is 5.84 Å². The third-order valence-corrected chi connectivity index (χ3v) is 1.74. The van der Waals surface area contributed by atoms with E-state index in [-0.39, 0.29) is 10.6 Å². The Morgan fingerprint density at radius 3 is 2.38 bits per heavy atom. The van der Waals surface area contributed by atoms with Crippen LogP contribution in [-0.2, 0) is 6.18 Å². The van der Waals surface area contributed by atoms with Crippen molar-refractivity contribution in [3.05, 3.63) is 23.8 Å². The van der Waals surface area contributed by atoms with E-state index in [1.807, 2.05) is 5.43 Å². The Morgan fingerprint density at radius 1 is 1.31 bits per heavy atom. The molecule has 0 aromatic heterocycles. The minimum Gasteiger partial charge on any atom is -0.324 e. The van der Waals surface area contributed by atoms with Gasteiger partial charge in [0.1, 0.15) is 0 Å². The van der Waals surface area contributed by atoms with E-state index in [1.165, 1.54) is 12.1 Å². The van der Waals surface area contributed by atoms with Crippen LogP contribution in [0.2, 0.25) is 0 Å². The molecule has 0 aliphatic carbocycles. The number of nitrogens with one attached hydrogen (secondary N) is 1. The summed E-state index contributed by atoms with van der Waals surface area (Å²) in [5.41, 5.74) is 0.996. The summed E-state index contributed by atoms with van der Waals surface area (Å²) >= 11 is 3.80. The lowest BCUT2D eigenvalue weighted by Crippen LogP contribution is -2.14. The fourth-order valence-electron chi connectivity index (χ4n) is 0.893. The standard InChI is InChI=1S/C7H7F3N2S/c8-7(9,10)5-3-4(13)1-2-6(5)12-11/h1-3,12-13H,11H2. The molecule has 0 fully saturated rings. The predicted molar refractivity (Wildman–Crippen MR) is 46.5 cm³/mol. The summed E-state index contributed by atoms with van der Waals surface area (Å²) in [4.78, 5) is 0.242. The highest BCUT2D eigenvalue weighted by Crippen LogP contribution is 2.35. The van der Waals surface area contributed by atoms with Crippen LogP contribution in [0.1, 0.15) is 5.56 Å². The van der Waals surface area contributed by atoms with E-state index in [9.17, 15) is 13.2 Å². The Kier molecular flexibility index (Phi) is 2.72. The van der Waals surface area contributed by atoms with Crippen molar-refractivity contribution in [2.45, 2.75) is 11.1 Å². The highest BCUT2D eigenvalue weighted by molar-refractivity contribution is 7.80. The molecule has 3 N–H and O–H groups in total. The molecule has 1 rings (SSSR count). The van der Waals surface area contributed by atoms with Crippen LogP contribution < -0.4 is 11.3 Å². The first-order chi connectivity index (χ1) is 5.95. The van der Waals surface area contributed by atoms with Crippen LogP contribution in [0, 0.1) is 0 Å². The van der Waals surface area contributed by atoms with Crippen molar-refractivity contribution in [3.63, 3.8) is 0 Å². The second-order valence-corrected chi connectivity index (χ2v) is 2.89. The number of halogens is 3. The molecule has 0 aliphatic rings. The average Bonchev–Trinajstić information content (AvgIpc) is 2.03. The molecule has 0 amide bonds. The molecule has 2 nitrogen and oxygen atoms in total. The van der Waals surface area contributed by atoms with Crippen LogP contribution in [0.15, 0.2) is 23.1 Å². The van der Waals surface area contributed by atoms with E-state index in [0.717, 1.165) is 6.07 Å². The number of nitrogens with two attached hydrogens (primary N) is 1. The molecule has 72 valence electrons. The molecule has 0 bridgehead atoms. The number of hydrogen-bond donors (Lipinski definition) is 3. The molecule has 0 saturated carbocycles. The van der Waals surface area contributed by atoms with Crippen molar-refractivity contribution in [1.82, 2.24) is 0 Å². The van der Waals surface area contributed by atoms with Gasteiger partial charge in [-0.25, -0.2) is 0 Å². The van der Waals surface area contributed by atoms with Crippen LogP contribution in [0.5, 0.6) is 0 Å². The van der Waals surface area contributed by atoms with E-state index in [2.05, 4.69) is 12.6 Å². The summed E-state index contributed by atoms with van der Waals surface area (Å²) < 4.78 is 36.9.